The van der Waals surface area contributed by atoms with Crippen LogP contribution in [0.2, 0.25) is 0 Å². The van der Waals surface area contributed by atoms with Crippen molar-refractivity contribution in [3.8, 4) is 11.5 Å². The van der Waals surface area contributed by atoms with Crippen molar-refractivity contribution in [2.45, 2.75) is 31.7 Å². The molecule has 3 amide bonds. The van der Waals surface area contributed by atoms with Crippen LogP contribution in [-0.2, 0) is 9.53 Å². The van der Waals surface area contributed by atoms with Crippen LogP contribution in [0.5, 0.6) is 11.5 Å². The number of amides is 3. The zero-order valence-electron chi connectivity index (χ0n) is 16.2. The largest absolute Gasteiger partial charge is 0.486 e. The van der Waals surface area contributed by atoms with Gasteiger partial charge >= 0.3 is 6.03 Å². The van der Waals surface area contributed by atoms with E-state index in [1.807, 2.05) is 11.8 Å². The van der Waals surface area contributed by atoms with Gasteiger partial charge in [-0.25, -0.2) is 4.79 Å². The molecule has 3 heterocycles. The molecule has 1 aromatic rings. The first kappa shape index (κ1) is 18.9. The third-order valence-electron chi connectivity index (χ3n) is 5.77. The summed E-state index contributed by atoms with van der Waals surface area (Å²) < 4.78 is 16.6. The summed E-state index contributed by atoms with van der Waals surface area (Å²) in [6.45, 7) is 5.83. The van der Waals surface area contributed by atoms with Crippen LogP contribution in [0.3, 0.4) is 0 Å². The Kier molecular flexibility index (Phi) is 5.30. The molecule has 0 unspecified atom stereocenters. The van der Waals surface area contributed by atoms with Crippen molar-refractivity contribution in [2.24, 2.45) is 0 Å². The fourth-order valence-corrected chi connectivity index (χ4v) is 4.34. The van der Waals surface area contributed by atoms with Gasteiger partial charge in [0, 0.05) is 51.0 Å². The molecule has 2 saturated heterocycles. The van der Waals surface area contributed by atoms with Gasteiger partial charge in [0.2, 0.25) is 5.91 Å². The molecule has 28 heavy (non-hydrogen) atoms. The number of carbonyl (C=O) groups is 2. The summed E-state index contributed by atoms with van der Waals surface area (Å²) in [5.74, 6) is 1.43. The van der Waals surface area contributed by atoms with Gasteiger partial charge in [0.25, 0.3) is 0 Å². The van der Waals surface area contributed by atoms with Gasteiger partial charge in [-0.05, 0) is 31.9 Å². The van der Waals surface area contributed by atoms with Crippen molar-refractivity contribution in [3.05, 3.63) is 18.2 Å². The molecule has 1 N–H and O–H groups in total. The van der Waals surface area contributed by atoms with Crippen LogP contribution in [0.15, 0.2) is 18.2 Å². The fourth-order valence-electron chi connectivity index (χ4n) is 4.34. The molecule has 1 spiro atoms. The van der Waals surface area contributed by atoms with Gasteiger partial charge in [0.1, 0.15) is 13.2 Å². The summed E-state index contributed by atoms with van der Waals surface area (Å²) in [6, 6.07) is 5.18. The highest BCUT2D eigenvalue weighted by atomic mass is 16.6. The van der Waals surface area contributed by atoms with Gasteiger partial charge in [-0.3, -0.25) is 4.79 Å². The van der Waals surface area contributed by atoms with Crippen molar-refractivity contribution >= 4 is 17.6 Å². The minimum Gasteiger partial charge on any atom is -0.486 e. The number of anilines is 1. The highest BCUT2D eigenvalue weighted by Crippen LogP contribution is 2.34. The van der Waals surface area contributed by atoms with Crippen molar-refractivity contribution in [1.82, 2.24) is 9.80 Å². The van der Waals surface area contributed by atoms with E-state index in [1.54, 1.807) is 23.1 Å². The number of carbonyl (C=O) groups excluding carboxylic acids is 2. The summed E-state index contributed by atoms with van der Waals surface area (Å²) in [4.78, 5) is 29.4. The molecule has 8 heteroatoms. The average Bonchev–Trinajstić information content (AvgIpc) is 2.84. The number of hydrogen-bond donors (Lipinski definition) is 1. The molecular formula is C20H27N3O5. The lowest BCUT2D eigenvalue weighted by Gasteiger charge is -2.46. The Hall–Kier alpha value is -2.48. The van der Waals surface area contributed by atoms with Crippen LogP contribution >= 0.6 is 0 Å². The smallest absolute Gasteiger partial charge is 0.321 e. The minimum atomic E-state index is -0.343. The molecule has 0 atom stereocenters. The molecule has 1 aromatic carbocycles. The second-order valence-corrected chi connectivity index (χ2v) is 7.43. The summed E-state index contributed by atoms with van der Waals surface area (Å²) in [5, 5.41) is 2.95. The molecule has 0 bridgehead atoms. The SMILES string of the molecule is CCN1C(=O)CCN(C(=O)Nc2ccc3c(c2)OCCO3)CC12CCOCC2. The number of benzene rings is 1. The van der Waals surface area contributed by atoms with E-state index in [1.165, 1.54) is 0 Å². The lowest BCUT2D eigenvalue weighted by Crippen LogP contribution is -2.59. The highest BCUT2D eigenvalue weighted by Gasteiger charge is 2.44. The van der Waals surface area contributed by atoms with Crippen LogP contribution in [0.25, 0.3) is 0 Å². The van der Waals surface area contributed by atoms with Crippen LogP contribution in [0.4, 0.5) is 10.5 Å². The number of hydrogen-bond acceptors (Lipinski definition) is 5. The number of rotatable bonds is 2. The first-order valence-electron chi connectivity index (χ1n) is 9.95. The Labute approximate surface area is 164 Å². The van der Waals surface area contributed by atoms with Crippen LogP contribution in [0, 0.1) is 0 Å². The van der Waals surface area contributed by atoms with Gasteiger partial charge in [0.15, 0.2) is 11.5 Å². The standard InChI is InChI=1S/C20H27N3O5/c1-2-23-18(24)5-8-22(14-20(23)6-9-26-10-7-20)19(25)21-15-3-4-16-17(13-15)28-12-11-27-16/h3-4,13H,2,5-12,14H2,1H3,(H,21,25). The van der Waals surface area contributed by atoms with E-state index >= 15 is 0 Å². The second-order valence-electron chi connectivity index (χ2n) is 7.43. The van der Waals surface area contributed by atoms with Crippen molar-refractivity contribution in [1.29, 1.82) is 0 Å². The molecule has 0 saturated carbocycles. The van der Waals surface area contributed by atoms with E-state index < -0.39 is 0 Å². The molecule has 0 aliphatic carbocycles. The Morgan fingerprint density at radius 2 is 1.89 bits per heavy atom. The molecule has 4 rings (SSSR count). The topological polar surface area (TPSA) is 80.3 Å². The van der Waals surface area contributed by atoms with Crippen molar-refractivity contribution in [2.75, 3.05) is 51.4 Å². The number of nitrogens with zero attached hydrogens (tertiary/aromatic N) is 2. The third-order valence-corrected chi connectivity index (χ3v) is 5.77. The molecular weight excluding hydrogens is 362 g/mol. The van der Waals surface area contributed by atoms with E-state index in [0.29, 0.717) is 69.7 Å². The van der Waals surface area contributed by atoms with E-state index in [-0.39, 0.29) is 17.5 Å². The summed E-state index contributed by atoms with van der Waals surface area (Å²) in [5.41, 5.74) is 0.309. The van der Waals surface area contributed by atoms with E-state index in [4.69, 9.17) is 14.2 Å². The maximum atomic E-state index is 13.0. The maximum absolute atomic E-state index is 13.0. The summed E-state index contributed by atoms with van der Waals surface area (Å²) >= 11 is 0. The van der Waals surface area contributed by atoms with Gasteiger partial charge in [-0.2, -0.15) is 0 Å². The van der Waals surface area contributed by atoms with Gasteiger partial charge in [-0.15, -0.1) is 0 Å². The second kappa shape index (κ2) is 7.87. The van der Waals surface area contributed by atoms with Gasteiger partial charge < -0.3 is 29.3 Å². The predicted molar refractivity (Wildman–Crippen MR) is 103 cm³/mol. The van der Waals surface area contributed by atoms with Crippen molar-refractivity contribution < 1.29 is 23.8 Å². The monoisotopic (exact) mass is 389 g/mol. The van der Waals surface area contributed by atoms with Crippen molar-refractivity contribution in [3.63, 3.8) is 0 Å². The molecule has 3 aliphatic heterocycles. The predicted octanol–water partition coefficient (Wildman–Crippen LogP) is 2.09. The van der Waals surface area contributed by atoms with E-state index in [2.05, 4.69) is 5.32 Å². The Morgan fingerprint density at radius 3 is 2.64 bits per heavy atom. The Morgan fingerprint density at radius 1 is 1.14 bits per heavy atom. The first-order valence-corrected chi connectivity index (χ1v) is 9.95. The van der Waals surface area contributed by atoms with Crippen LogP contribution < -0.4 is 14.8 Å². The highest BCUT2D eigenvalue weighted by molar-refractivity contribution is 5.90. The van der Waals surface area contributed by atoms with E-state index in [9.17, 15) is 9.59 Å². The van der Waals surface area contributed by atoms with Gasteiger partial charge in [-0.1, -0.05) is 0 Å². The van der Waals surface area contributed by atoms with Gasteiger partial charge in [0.05, 0.1) is 5.54 Å². The number of nitrogens with one attached hydrogen (secondary N) is 1. The third kappa shape index (κ3) is 3.61. The zero-order valence-corrected chi connectivity index (χ0v) is 16.2. The summed E-state index contributed by atoms with van der Waals surface area (Å²) in [6.07, 6.45) is 1.84. The number of urea groups is 1. The lowest BCUT2D eigenvalue weighted by atomic mass is 9.87. The molecule has 2 fully saturated rings. The fraction of sp³-hybridized carbons (Fsp3) is 0.600. The number of fused-ring (bicyclic) bond motifs is 1. The molecule has 152 valence electrons. The Balaban J connectivity index is 1.51. The molecule has 3 aliphatic rings. The lowest BCUT2D eigenvalue weighted by molar-refractivity contribution is -0.139. The molecule has 8 nitrogen and oxygen atoms in total. The average molecular weight is 389 g/mol. The molecule has 0 radical (unpaired) electrons. The normalized spacial score (nSPS) is 21.4. The number of ether oxygens (including phenoxy) is 3. The maximum Gasteiger partial charge on any atom is 0.321 e. The minimum absolute atomic E-state index is 0.110. The number of likely N-dealkylation sites (N-methyl/N-ethyl adjacent to an activating group) is 1. The van der Waals surface area contributed by atoms with E-state index in [0.717, 1.165) is 12.8 Å². The summed E-state index contributed by atoms with van der Waals surface area (Å²) in [7, 11) is 0. The zero-order chi connectivity index (χ0) is 19.6. The van der Waals surface area contributed by atoms with Crippen LogP contribution in [-0.4, -0.2) is 73.3 Å². The quantitative estimate of drug-likeness (QED) is 0.838. The molecule has 0 aromatic heterocycles. The Bertz CT molecular complexity index is 747. The van der Waals surface area contributed by atoms with Crippen LogP contribution in [0.1, 0.15) is 26.2 Å². The first-order chi connectivity index (χ1) is 13.6.